The van der Waals surface area contributed by atoms with Crippen LogP contribution in [0, 0.1) is 23.0 Å². The Bertz CT molecular complexity index is 869. The number of thioether (sulfide) groups is 1. The molecule has 0 bridgehead atoms. The van der Waals surface area contributed by atoms with Gasteiger partial charge in [0.15, 0.2) is 0 Å². The molecule has 1 atom stereocenters. The summed E-state index contributed by atoms with van der Waals surface area (Å²) in [7, 11) is 0. The van der Waals surface area contributed by atoms with Crippen LogP contribution in [0.25, 0.3) is 0 Å². The molecule has 0 aliphatic rings. The molecule has 142 valence electrons. The van der Waals surface area contributed by atoms with Gasteiger partial charge in [-0.1, -0.05) is 29.8 Å². The van der Waals surface area contributed by atoms with Gasteiger partial charge in [0.2, 0.25) is 0 Å². The minimum Gasteiger partial charge on any atom is -0.481 e. The standard InChI is InChI=1S/C19H20N2O5S/c1-12-4-3-5-13(8-12)9-15(19(23)24)11-20-18(22)14-6-7-17(27-2)16(10-14)21(25)26/h3-8,10,15H,9,11H2,1-2H3,(H,20,22)(H,23,24). The molecule has 0 aliphatic heterocycles. The van der Waals surface area contributed by atoms with E-state index in [1.165, 1.54) is 30.0 Å². The Morgan fingerprint density at radius 2 is 2.00 bits per heavy atom. The summed E-state index contributed by atoms with van der Waals surface area (Å²) in [4.78, 5) is 34.9. The summed E-state index contributed by atoms with van der Waals surface area (Å²) in [5.74, 6) is -2.35. The Labute approximate surface area is 160 Å². The summed E-state index contributed by atoms with van der Waals surface area (Å²) in [6.45, 7) is 1.85. The van der Waals surface area contributed by atoms with Crippen molar-refractivity contribution in [2.24, 2.45) is 5.92 Å². The molecule has 2 rings (SSSR count). The van der Waals surface area contributed by atoms with Crippen molar-refractivity contribution in [2.75, 3.05) is 12.8 Å². The van der Waals surface area contributed by atoms with Crippen molar-refractivity contribution < 1.29 is 19.6 Å². The first kappa shape index (κ1) is 20.4. The monoisotopic (exact) mass is 388 g/mol. The number of carbonyl (C=O) groups is 2. The molecular formula is C19H20N2O5S. The first-order valence-electron chi connectivity index (χ1n) is 8.20. The quantitative estimate of drug-likeness (QED) is 0.408. The second-order valence-electron chi connectivity index (χ2n) is 6.08. The number of amides is 1. The van der Waals surface area contributed by atoms with Gasteiger partial charge in [-0.15, -0.1) is 11.8 Å². The molecule has 1 unspecified atom stereocenters. The van der Waals surface area contributed by atoms with Gasteiger partial charge in [0, 0.05) is 18.2 Å². The number of aryl methyl sites for hydroxylation is 1. The highest BCUT2D eigenvalue weighted by Crippen LogP contribution is 2.28. The van der Waals surface area contributed by atoms with Crippen LogP contribution in [0.2, 0.25) is 0 Å². The lowest BCUT2D eigenvalue weighted by molar-refractivity contribution is -0.387. The zero-order valence-electron chi connectivity index (χ0n) is 15.0. The van der Waals surface area contributed by atoms with E-state index >= 15 is 0 Å². The molecule has 0 spiro atoms. The highest BCUT2D eigenvalue weighted by atomic mass is 32.2. The van der Waals surface area contributed by atoms with E-state index in [1.54, 1.807) is 6.26 Å². The van der Waals surface area contributed by atoms with Crippen LogP contribution < -0.4 is 5.32 Å². The molecule has 27 heavy (non-hydrogen) atoms. The van der Waals surface area contributed by atoms with Gasteiger partial charge >= 0.3 is 5.97 Å². The number of hydrogen-bond acceptors (Lipinski definition) is 5. The van der Waals surface area contributed by atoms with Crippen LogP contribution in [0.15, 0.2) is 47.4 Å². The second kappa shape index (κ2) is 9.18. The Kier molecular flexibility index (Phi) is 6.95. The van der Waals surface area contributed by atoms with Crippen molar-refractivity contribution in [3.63, 3.8) is 0 Å². The van der Waals surface area contributed by atoms with E-state index in [0.29, 0.717) is 4.90 Å². The lowest BCUT2D eigenvalue weighted by Gasteiger charge is -2.14. The number of nitrogens with one attached hydrogen (secondary N) is 1. The molecule has 0 saturated heterocycles. The Hall–Kier alpha value is -2.87. The van der Waals surface area contributed by atoms with Crippen molar-refractivity contribution >= 4 is 29.3 Å². The van der Waals surface area contributed by atoms with Crippen molar-refractivity contribution in [1.82, 2.24) is 5.32 Å². The van der Waals surface area contributed by atoms with Crippen LogP contribution in [-0.2, 0) is 11.2 Å². The molecule has 7 nitrogen and oxygen atoms in total. The molecule has 0 saturated carbocycles. The molecule has 8 heteroatoms. The SMILES string of the molecule is CSc1ccc(C(=O)NCC(Cc2cccc(C)c2)C(=O)O)cc1[N+](=O)[O-]. The average molecular weight is 388 g/mol. The topological polar surface area (TPSA) is 110 Å². The predicted octanol–water partition coefficient (Wildman–Crippen LogP) is 3.30. The molecule has 2 aromatic carbocycles. The minimum absolute atomic E-state index is 0.0693. The first-order chi connectivity index (χ1) is 12.8. The summed E-state index contributed by atoms with van der Waals surface area (Å²) in [6.07, 6.45) is 1.99. The molecule has 0 aliphatic carbocycles. The first-order valence-corrected chi connectivity index (χ1v) is 9.43. The Morgan fingerprint density at radius 1 is 1.26 bits per heavy atom. The van der Waals surface area contributed by atoms with Gasteiger partial charge in [0.05, 0.1) is 15.7 Å². The molecule has 2 N–H and O–H groups in total. The highest BCUT2D eigenvalue weighted by Gasteiger charge is 2.21. The van der Waals surface area contributed by atoms with Crippen LogP contribution >= 0.6 is 11.8 Å². The van der Waals surface area contributed by atoms with E-state index in [4.69, 9.17) is 0 Å². The second-order valence-corrected chi connectivity index (χ2v) is 6.93. The number of nitro benzene ring substituents is 1. The minimum atomic E-state index is -1.01. The summed E-state index contributed by atoms with van der Waals surface area (Å²) >= 11 is 1.22. The molecule has 0 radical (unpaired) electrons. The van der Waals surface area contributed by atoms with Gasteiger partial charge in [0.25, 0.3) is 11.6 Å². The number of hydrogen-bond donors (Lipinski definition) is 2. The third-order valence-electron chi connectivity index (χ3n) is 4.06. The van der Waals surface area contributed by atoms with Crippen molar-refractivity contribution in [3.05, 3.63) is 69.3 Å². The predicted molar refractivity (Wildman–Crippen MR) is 103 cm³/mol. The van der Waals surface area contributed by atoms with E-state index in [1.807, 2.05) is 31.2 Å². The Balaban J connectivity index is 2.08. The van der Waals surface area contributed by atoms with Gasteiger partial charge < -0.3 is 10.4 Å². The van der Waals surface area contributed by atoms with Crippen LogP contribution in [0.4, 0.5) is 5.69 Å². The van der Waals surface area contributed by atoms with Crippen LogP contribution in [-0.4, -0.2) is 34.7 Å². The lowest BCUT2D eigenvalue weighted by atomic mass is 9.98. The fourth-order valence-electron chi connectivity index (χ4n) is 2.66. The van der Waals surface area contributed by atoms with Gasteiger partial charge in [-0.3, -0.25) is 19.7 Å². The number of nitrogens with zero attached hydrogens (tertiary/aromatic N) is 1. The Morgan fingerprint density at radius 3 is 2.59 bits per heavy atom. The third-order valence-corrected chi connectivity index (χ3v) is 4.85. The molecule has 0 heterocycles. The van der Waals surface area contributed by atoms with E-state index in [0.717, 1.165) is 11.1 Å². The number of carboxylic acids is 1. The molecule has 1 amide bonds. The molecule has 0 fully saturated rings. The largest absolute Gasteiger partial charge is 0.481 e. The summed E-state index contributed by atoms with van der Waals surface area (Å²) in [6, 6.07) is 11.7. The third kappa shape index (κ3) is 5.55. The van der Waals surface area contributed by atoms with E-state index in [9.17, 15) is 24.8 Å². The van der Waals surface area contributed by atoms with Crippen LogP contribution in [0.5, 0.6) is 0 Å². The van der Waals surface area contributed by atoms with Crippen molar-refractivity contribution in [1.29, 1.82) is 0 Å². The number of carboxylic acid groups (broad SMARTS) is 1. The lowest BCUT2D eigenvalue weighted by Crippen LogP contribution is -2.34. The van der Waals surface area contributed by atoms with Crippen molar-refractivity contribution in [2.45, 2.75) is 18.2 Å². The van der Waals surface area contributed by atoms with E-state index in [-0.39, 0.29) is 24.2 Å². The summed E-state index contributed by atoms with van der Waals surface area (Å²) in [5, 5.41) is 23.1. The summed E-state index contributed by atoms with van der Waals surface area (Å²) in [5.41, 5.74) is 1.88. The number of aliphatic carboxylic acids is 1. The fraction of sp³-hybridized carbons (Fsp3) is 0.263. The van der Waals surface area contributed by atoms with Crippen LogP contribution in [0.3, 0.4) is 0 Å². The zero-order valence-corrected chi connectivity index (χ0v) is 15.8. The maximum Gasteiger partial charge on any atom is 0.308 e. The fourth-order valence-corrected chi connectivity index (χ4v) is 3.21. The summed E-state index contributed by atoms with van der Waals surface area (Å²) < 4.78 is 0. The maximum atomic E-state index is 12.3. The van der Waals surface area contributed by atoms with Crippen molar-refractivity contribution in [3.8, 4) is 0 Å². The number of nitro groups is 1. The zero-order chi connectivity index (χ0) is 20.0. The molecule has 2 aromatic rings. The maximum absolute atomic E-state index is 12.3. The van der Waals surface area contributed by atoms with E-state index < -0.39 is 22.7 Å². The highest BCUT2D eigenvalue weighted by molar-refractivity contribution is 7.98. The molecule has 0 aromatic heterocycles. The average Bonchev–Trinajstić information content (AvgIpc) is 2.64. The van der Waals surface area contributed by atoms with E-state index in [2.05, 4.69) is 5.32 Å². The van der Waals surface area contributed by atoms with Crippen LogP contribution in [0.1, 0.15) is 21.5 Å². The molecular weight excluding hydrogens is 368 g/mol. The normalized spacial score (nSPS) is 11.6. The number of rotatable bonds is 8. The number of benzene rings is 2. The van der Waals surface area contributed by atoms with Gasteiger partial charge in [-0.25, -0.2) is 0 Å². The van der Waals surface area contributed by atoms with Gasteiger partial charge in [0.1, 0.15) is 0 Å². The number of carbonyl (C=O) groups excluding carboxylic acids is 1. The smallest absolute Gasteiger partial charge is 0.308 e. The van der Waals surface area contributed by atoms with Gasteiger partial charge in [-0.2, -0.15) is 0 Å². The van der Waals surface area contributed by atoms with Gasteiger partial charge in [-0.05, 0) is 37.3 Å².